The van der Waals surface area contributed by atoms with Crippen LogP contribution in [0.25, 0.3) is 0 Å². The van der Waals surface area contributed by atoms with E-state index >= 15 is 0 Å². The van der Waals surface area contributed by atoms with Crippen molar-refractivity contribution >= 4 is 11.9 Å². The number of carboxylic acids is 1. The van der Waals surface area contributed by atoms with E-state index in [2.05, 4.69) is 5.32 Å². The molecule has 0 saturated heterocycles. The molecular weight excluding hydrogens is 196 g/mol. The molecule has 0 aliphatic carbocycles. The molecule has 0 bridgehead atoms. The molecule has 1 aromatic rings. The third-order valence-electron chi connectivity index (χ3n) is 1.86. The summed E-state index contributed by atoms with van der Waals surface area (Å²) in [5, 5.41) is 11.6. The van der Waals surface area contributed by atoms with Gasteiger partial charge in [-0.1, -0.05) is 18.2 Å². The second-order valence-electron chi connectivity index (χ2n) is 3.03. The van der Waals surface area contributed by atoms with Gasteiger partial charge in [-0.3, -0.25) is 4.79 Å². The summed E-state index contributed by atoms with van der Waals surface area (Å²) < 4.78 is 0. The van der Waals surface area contributed by atoms with E-state index in [9.17, 15) is 9.59 Å². The Hall–Kier alpha value is -1.88. The van der Waals surface area contributed by atoms with Crippen LogP contribution in [0.15, 0.2) is 24.3 Å². The van der Waals surface area contributed by atoms with Gasteiger partial charge in [0.1, 0.15) is 0 Å². The van der Waals surface area contributed by atoms with Crippen LogP contribution >= 0.6 is 0 Å². The number of nitrogens with two attached hydrogens (primary N) is 1. The van der Waals surface area contributed by atoms with E-state index in [1.165, 1.54) is 6.07 Å². The average molecular weight is 208 g/mol. The van der Waals surface area contributed by atoms with Crippen LogP contribution in [-0.4, -0.2) is 23.5 Å². The summed E-state index contributed by atoms with van der Waals surface area (Å²) in [5.41, 5.74) is 5.80. The van der Waals surface area contributed by atoms with Gasteiger partial charge < -0.3 is 16.2 Å². The molecule has 1 rings (SSSR count). The monoisotopic (exact) mass is 208 g/mol. The fraction of sp³-hybridized carbons (Fsp3) is 0.200. The van der Waals surface area contributed by atoms with Gasteiger partial charge in [0.05, 0.1) is 12.1 Å². The zero-order chi connectivity index (χ0) is 11.3. The highest BCUT2D eigenvalue weighted by Gasteiger charge is 2.08. The Morgan fingerprint density at radius 2 is 2.00 bits per heavy atom. The highest BCUT2D eigenvalue weighted by molar-refractivity contribution is 5.89. The third kappa shape index (κ3) is 3.40. The van der Waals surface area contributed by atoms with Crippen LogP contribution in [0.3, 0.4) is 0 Å². The number of carboxylic acid groups (broad SMARTS) is 1. The van der Waals surface area contributed by atoms with E-state index < -0.39 is 11.9 Å². The van der Waals surface area contributed by atoms with Crippen molar-refractivity contribution in [2.24, 2.45) is 5.73 Å². The number of aromatic carboxylic acids is 1. The van der Waals surface area contributed by atoms with Gasteiger partial charge >= 0.3 is 5.97 Å². The molecule has 1 amide bonds. The summed E-state index contributed by atoms with van der Waals surface area (Å²) >= 11 is 0. The van der Waals surface area contributed by atoms with Crippen LogP contribution in [0, 0.1) is 0 Å². The van der Waals surface area contributed by atoms with E-state index in [4.69, 9.17) is 10.8 Å². The molecule has 15 heavy (non-hydrogen) atoms. The SMILES string of the molecule is NC(=O)CNCc1ccccc1C(=O)O. The molecule has 1 aromatic carbocycles. The van der Waals surface area contributed by atoms with Gasteiger partial charge in [0.25, 0.3) is 0 Å². The van der Waals surface area contributed by atoms with Gasteiger partial charge in [0.15, 0.2) is 0 Å². The Morgan fingerprint density at radius 3 is 2.60 bits per heavy atom. The lowest BCUT2D eigenvalue weighted by Gasteiger charge is -2.05. The van der Waals surface area contributed by atoms with Crippen molar-refractivity contribution in [3.63, 3.8) is 0 Å². The quantitative estimate of drug-likeness (QED) is 0.633. The molecule has 80 valence electrons. The fourth-order valence-corrected chi connectivity index (χ4v) is 1.20. The van der Waals surface area contributed by atoms with Crippen molar-refractivity contribution in [2.75, 3.05) is 6.54 Å². The van der Waals surface area contributed by atoms with Crippen LogP contribution in [0.2, 0.25) is 0 Å². The first-order chi connectivity index (χ1) is 7.11. The predicted octanol–water partition coefficient (Wildman–Crippen LogP) is -0.0403. The Morgan fingerprint density at radius 1 is 1.33 bits per heavy atom. The predicted molar refractivity (Wildman–Crippen MR) is 54.3 cm³/mol. The number of primary amides is 1. The molecule has 0 heterocycles. The second kappa shape index (κ2) is 5.11. The van der Waals surface area contributed by atoms with Crippen LogP contribution in [0.4, 0.5) is 0 Å². The molecule has 0 fully saturated rings. The zero-order valence-corrected chi connectivity index (χ0v) is 8.06. The maximum atomic E-state index is 10.8. The topological polar surface area (TPSA) is 92.4 Å². The number of hydrogen-bond donors (Lipinski definition) is 3. The lowest BCUT2D eigenvalue weighted by molar-refractivity contribution is -0.117. The van der Waals surface area contributed by atoms with Crippen molar-refractivity contribution in [3.8, 4) is 0 Å². The Balaban J connectivity index is 2.67. The van der Waals surface area contributed by atoms with Crippen molar-refractivity contribution in [3.05, 3.63) is 35.4 Å². The minimum Gasteiger partial charge on any atom is -0.478 e. The van der Waals surface area contributed by atoms with Gasteiger partial charge in [0.2, 0.25) is 5.91 Å². The molecule has 0 aliphatic rings. The molecule has 0 unspecified atom stereocenters. The first-order valence-corrected chi connectivity index (χ1v) is 4.41. The maximum absolute atomic E-state index is 10.8. The average Bonchev–Trinajstić information content (AvgIpc) is 2.17. The van der Waals surface area contributed by atoms with E-state index in [0.29, 0.717) is 12.1 Å². The zero-order valence-electron chi connectivity index (χ0n) is 8.06. The summed E-state index contributed by atoms with van der Waals surface area (Å²) in [5.74, 6) is -1.45. The number of amides is 1. The van der Waals surface area contributed by atoms with E-state index in [1.807, 2.05) is 0 Å². The normalized spacial score (nSPS) is 9.87. The molecule has 5 nitrogen and oxygen atoms in total. The summed E-state index contributed by atoms with van der Waals surface area (Å²) in [4.78, 5) is 21.3. The number of benzene rings is 1. The number of carbonyl (C=O) groups is 2. The first-order valence-electron chi connectivity index (χ1n) is 4.41. The molecule has 0 aromatic heterocycles. The molecule has 4 N–H and O–H groups in total. The maximum Gasteiger partial charge on any atom is 0.336 e. The molecule has 0 spiro atoms. The summed E-state index contributed by atoms with van der Waals surface area (Å²) in [6.45, 7) is 0.347. The van der Waals surface area contributed by atoms with Crippen molar-refractivity contribution in [2.45, 2.75) is 6.54 Å². The van der Waals surface area contributed by atoms with Crippen molar-refractivity contribution < 1.29 is 14.7 Å². The minimum absolute atomic E-state index is 0.0357. The first kappa shape index (κ1) is 11.2. The number of rotatable bonds is 5. The Labute approximate surface area is 86.9 Å². The lowest BCUT2D eigenvalue weighted by Crippen LogP contribution is -2.28. The van der Waals surface area contributed by atoms with Gasteiger partial charge in [-0.25, -0.2) is 4.79 Å². The minimum atomic E-state index is -0.980. The van der Waals surface area contributed by atoms with Crippen molar-refractivity contribution in [1.29, 1.82) is 0 Å². The van der Waals surface area contributed by atoms with E-state index in [-0.39, 0.29) is 12.1 Å². The smallest absolute Gasteiger partial charge is 0.336 e. The summed E-state index contributed by atoms with van der Waals surface area (Å²) in [6, 6.07) is 6.61. The summed E-state index contributed by atoms with van der Waals surface area (Å²) in [7, 11) is 0. The second-order valence-corrected chi connectivity index (χ2v) is 3.03. The number of carbonyl (C=O) groups excluding carboxylic acids is 1. The van der Waals surface area contributed by atoms with Crippen molar-refractivity contribution in [1.82, 2.24) is 5.32 Å². The molecule has 0 atom stereocenters. The number of nitrogens with one attached hydrogen (secondary N) is 1. The molecule has 5 heteroatoms. The third-order valence-corrected chi connectivity index (χ3v) is 1.86. The largest absolute Gasteiger partial charge is 0.478 e. The fourth-order valence-electron chi connectivity index (χ4n) is 1.20. The van der Waals surface area contributed by atoms with E-state index in [0.717, 1.165) is 0 Å². The van der Waals surface area contributed by atoms with Crippen LogP contribution < -0.4 is 11.1 Å². The summed E-state index contributed by atoms with van der Waals surface area (Å²) in [6.07, 6.45) is 0. The highest BCUT2D eigenvalue weighted by Crippen LogP contribution is 2.07. The van der Waals surface area contributed by atoms with Gasteiger partial charge in [-0.05, 0) is 11.6 Å². The van der Waals surface area contributed by atoms with Crippen LogP contribution in [0.1, 0.15) is 15.9 Å². The Kier molecular flexibility index (Phi) is 3.82. The Bertz CT molecular complexity index is 377. The standard InChI is InChI=1S/C10H12N2O3/c11-9(13)6-12-5-7-3-1-2-4-8(7)10(14)15/h1-4,12H,5-6H2,(H2,11,13)(H,14,15). The van der Waals surface area contributed by atoms with Gasteiger partial charge in [0, 0.05) is 6.54 Å². The lowest BCUT2D eigenvalue weighted by atomic mass is 10.1. The van der Waals surface area contributed by atoms with Gasteiger partial charge in [-0.15, -0.1) is 0 Å². The molecule has 0 saturated carbocycles. The number of hydrogen-bond acceptors (Lipinski definition) is 3. The van der Waals surface area contributed by atoms with Gasteiger partial charge in [-0.2, -0.15) is 0 Å². The molecular formula is C10H12N2O3. The molecule has 0 aliphatic heterocycles. The van der Waals surface area contributed by atoms with Crippen LogP contribution in [-0.2, 0) is 11.3 Å². The van der Waals surface area contributed by atoms with E-state index in [1.54, 1.807) is 18.2 Å². The molecule has 0 radical (unpaired) electrons. The highest BCUT2D eigenvalue weighted by atomic mass is 16.4. The van der Waals surface area contributed by atoms with Crippen LogP contribution in [0.5, 0.6) is 0 Å².